The fraction of sp³-hybridized carbons (Fsp3) is 0.440. The quantitative estimate of drug-likeness (QED) is 0.165. The number of hydrogen-bond acceptors (Lipinski definition) is 7. The van der Waals surface area contributed by atoms with Crippen LogP contribution in [0.5, 0.6) is 0 Å². The van der Waals surface area contributed by atoms with Gasteiger partial charge in [0.1, 0.15) is 12.2 Å². The topological polar surface area (TPSA) is 75.6 Å². The molecule has 1 saturated heterocycles. The second-order valence-electron chi connectivity index (χ2n) is 8.20. The zero-order valence-corrected chi connectivity index (χ0v) is 20.3. The summed E-state index contributed by atoms with van der Waals surface area (Å²) in [5, 5.41) is 0. The van der Waals surface area contributed by atoms with E-state index in [4.69, 9.17) is 23.6 Å². The summed E-state index contributed by atoms with van der Waals surface area (Å²) >= 11 is 0. The van der Waals surface area contributed by atoms with E-state index in [9.17, 15) is 18.0 Å². The highest BCUT2D eigenvalue weighted by molar-refractivity contribution is 5.98. The van der Waals surface area contributed by atoms with Crippen molar-refractivity contribution in [3.05, 3.63) is 66.2 Å². The van der Waals surface area contributed by atoms with E-state index < -0.39 is 48.7 Å². The summed E-state index contributed by atoms with van der Waals surface area (Å²) < 4.78 is 69.7. The molecule has 1 aliphatic rings. The number of halogens is 3. The van der Waals surface area contributed by atoms with Gasteiger partial charge in [0, 0.05) is 6.61 Å². The molecule has 0 spiro atoms. The lowest BCUT2D eigenvalue weighted by Gasteiger charge is -2.44. The van der Waals surface area contributed by atoms with Gasteiger partial charge in [0.15, 0.2) is 6.10 Å². The van der Waals surface area contributed by atoms with Crippen LogP contribution < -0.4 is 0 Å². The fourth-order valence-electron chi connectivity index (χ4n) is 3.70. The number of ether oxygens (including phenoxy) is 4. The standard InChI is InChI=1S/C25H29BF3NO6/c1-3-4-15-32-19-16(2)33-23(35-24(25(27,28)29)30-18-13-9-6-10-14-18)21(36-26)20(19)34-22(31)17-11-7-5-8-12-17/h5-14,16,19-21,23H,3-4,15,26H2,1-2H3/b30-24+/t16?,19-,20-,21?,23-/m0/s1. The van der Waals surface area contributed by atoms with Gasteiger partial charge in [0.25, 0.3) is 13.9 Å². The first-order valence-electron chi connectivity index (χ1n) is 11.7. The molecular weight excluding hydrogens is 478 g/mol. The highest BCUT2D eigenvalue weighted by Gasteiger charge is 2.51. The van der Waals surface area contributed by atoms with Crippen LogP contribution in [0.2, 0.25) is 0 Å². The van der Waals surface area contributed by atoms with Crippen LogP contribution in [0.1, 0.15) is 37.0 Å². The molecule has 7 nitrogen and oxygen atoms in total. The van der Waals surface area contributed by atoms with Gasteiger partial charge in [-0.1, -0.05) is 49.7 Å². The van der Waals surface area contributed by atoms with Crippen molar-refractivity contribution in [2.45, 2.75) is 63.6 Å². The molecule has 2 unspecified atom stereocenters. The summed E-state index contributed by atoms with van der Waals surface area (Å²) in [4.78, 5) is 16.5. The van der Waals surface area contributed by atoms with Gasteiger partial charge in [-0.25, -0.2) is 9.79 Å². The summed E-state index contributed by atoms with van der Waals surface area (Å²) in [7, 11) is 1.27. The Morgan fingerprint density at radius 1 is 1.00 bits per heavy atom. The van der Waals surface area contributed by atoms with Gasteiger partial charge in [0.05, 0.1) is 17.4 Å². The summed E-state index contributed by atoms with van der Waals surface area (Å²) in [5.74, 6) is -2.18. The predicted molar refractivity (Wildman–Crippen MR) is 129 cm³/mol. The SMILES string of the molecule is BOC1[C@H](O/C(=N/c2ccccc2)C(F)(F)F)OC(C)[C@H](OCCCC)[C@@H]1OC(=O)c1ccccc1. The molecule has 5 atom stereocenters. The first-order valence-corrected chi connectivity index (χ1v) is 11.7. The molecule has 0 bridgehead atoms. The molecule has 36 heavy (non-hydrogen) atoms. The lowest BCUT2D eigenvalue weighted by molar-refractivity contribution is -0.278. The molecule has 194 valence electrons. The maximum absolute atomic E-state index is 13.8. The first-order chi connectivity index (χ1) is 17.2. The third kappa shape index (κ3) is 7.31. The normalized spacial score (nSPS) is 24.8. The lowest BCUT2D eigenvalue weighted by Crippen LogP contribution is -2.61. The van der Waals surface area contributed by atoms with Gasteiger partial charge < -0.3 is 23.6 Å². The Morgan fingerprint density at radius 3 is 2.22 bits per heavy atom. The summed E-state index contributed by atoms with van der Waals surface area (Å²) in [5.41, 5.74) is 0.327. The minimum absolute atomic E-state index is 0.0514. The van der Waals surface area contributed by atoms with E-state index in [1.807, 2.05) is 6.92 Å². The number of unbranched alkanes of at least 4 members (excludes halogenated alkanes) is 1. The third-order valence-corrected chi connectivity index (χ3v) is 5.52. The molecule has 0 N–H and O–H groups in total. The number of hydrogen-bond donors (Lipinski definition) is 0. The number of esters is 1. The van der Waals surface area contributed by atoms with Gasteiger partial charge >= 0.3 is 12.1 Å². The molecule has 3 rings (SSSR count). The number of carbonyl (C=O) groups excluding carboxylic acids is 1. The first kappa shape index (κ1) is 27.7. The number of alkyl halides is 3. The van der Waals surface area contributed by atoms with Crippen molar-refractivity contribution in [2.24, 2.45) is 4.99 Å². The minimum atomic E-state index is -4.91. The Bertz CT molecular complexity index is 992. The van der Waals surface area contributed by atoms with E-state index in [1.54, 1.807) is 55.5 Å². The van der Waals surface area contributed by atoms with Crippen LogP contribution in [0.3, 0.4) is 0 Å². The van der Waals surface area contributed by atoms with E-state index >= 15 is 0 Å². The average molecular weight is 507 g/mol. The highest BCUT2D eigenvalue weighted by Crippen LogP contribution is 2.32. The van der Waals surface area contributed by atoms with E-state index in [-0.39, 0.29) is 11.3 Å². The number of nitrogens with zero attached hydrogens (tertiary/aromatic N) is 1. The lowest BCUT2D eigenvalue weighted by atomic mass is 9.98. The summed E-state index contributed by atoms with van der Waals surface area (Å²) in [6.45, 7) is 3.95. The Balaban J connectivity index is 1.90. The van der Waals surface area contributed by atoms with Gasteiger partial charge in [-0.15, -0.1) is 0 Å². The second kappa shape index (κ2) is 12.9. The molecular formula is C25H29BF3NO6. The van der Waals surface area contributed by atoms with Crippen molar-refractivity contribution in [1.29, 1.82) is 0 Å². The van der Waals surface area contributed by atoms with Crippen molar-refractivity contribution in [2.75, 3.05) is 6.61 Å². The predicted octanol–water partition coefficient (Wildman–Crippen LogP) is 4.38. The Morgan fingerprint density at radius 2 is 1.64 bits per heavy atom. The molecule has 0 amide bonds. The van der Waals surface area contributed by atoms with Crippen LogP contribution in [-0.2, 0) is 23.6 Å². The van der Waals surface area contributed by atoms with Crippen LogP contribution in [0.15, 0.2) is 65.7 Å². The fourth-order valence-corrected chi connectivity index (χ4v) is 3.70. The van der Waals surface area contributed by atoms with Crippen molar-refractivity contribution >= 4 is 25.6 Å². The number of carbonyl (C=O) groups is 1. The van der Waals surface area contributed by atoms with Crippen LogP contribution >= 0.6 is 0 Å². The maximum Gasteiger partial charge on any atom is 0.468 e. The van der Waals surface area contributed by atoms with Gasteiger partial charge in [-0.2, -0.15) is 13.2 Å². The molecule has 0 saturated carbocycles. The van der Waals surface area contributed by atoms with Crippen molar-refractivity contribution in [3.8, 4) is 0 Å². The summed E-state index contributed by atoms with van der Waals surface area (Å²) in [6, 6.07) is 15.8. The maximum atomic E-state index is 13.8. The number of aliphatic imine (C=N–C) groups is 1. The van der Waals surface area contributed by atoms with E-state index in [0.29, 0.717) is 6.61 Å². The number of benzene rings is 2. The Hall–Kier alpha value is -2.89. The molecule has 1 heterocycles. The van der Waals surface area contributed by atoms with E-state index in [1.165, 1.54) is 20.2 Å². The molecule has 0 aliphatic carbocycles. The zero-order chi connectivity index (χ0) is 26.1. The van der Waals surface area contributed by atoms with E-state index in [0.717, 1.165) is 12.8 Å². The largest absolute Gasteiger partial charge is 0.468 e. The molecule has 11 heteroatoms. The zero-order valence-electron chi connectivity index (χ0n) is 20.3. The Kier molecular flexibility index (Phi) is 9.92. The molecule has 1 fully saturated rings. The van der Waals surface area contributed by atoms with Gasteiger partial charge in [0.2, 0.25) is 6.29 Å². The van der Waals surface area contributed by atoms with Gasteiger partial charge in [-0.05, 0) is 37.6 Å². The van der Waals surface area contributed by atoms with Crippen LogP contribution in [0, 0.1) is 0 Å². The van der Waals surface area contributed by atoms with Crippen molar-refractivity contribution in [1.82, 2.24) is 0 Å². The van der Waals surface area contributed by atoms with Crippen LogP contribution in [0.25, 0.3) is 0 Å². The minimum Gasteiger partial charge on any atom is -0.453 e. The molecule has 0 radical (unpaired) electrons. The van der Waals surface area contributed by atoms with Gasteiger partial charge in [-0.3, -0.25) is 0 Å². The van der Waals surface area contributed by atoms with Crippen LogP contribution in [-0.4, -0.2) is 63.4 Å². The Labute approximate surface area is 209 Å². The smallest absolute Gasteiger partial charge is 0.453 e. The molecule has 2 aromatic carbocycles. The monoisotopic (exact) mass is 507 g/mol. The second-order valence-corrected chi connectivity index (χ2v) is 8.20. The van der Waals surface area contributed by atoms with E-state index in [2.05, 4.69) is 4.99 Å². The average Bonchev–Trinajstić information content (AvgIpc) is 2.86. The summed E-state index contributed by atoms with van der Waals surface area (Å²) in [6.07, 6.45) is -8.81. The highest BCUT2D eigenvalue weighted by atomic mass is 19.4. The molecule has 1 aliphatic heterocycles. The molecule has 0 aromatic heterocycles. The molecule has 2 aromatic rings. The van der Waals surface area contributed by atoms with Crippen molar-refractivity contribution < 1.29 is 41.6 Å². The van der Waals surface area contributed by atoms with Crippen molar-refractivity contribution in [3.63, 3.8) is 0 Å². The number of rotatable bonds is 9. The number of para-hydroxylation sites is 1. The third-order valence-electron chi connectivity index (χ3n) is 5.52. The van der Waals surface area contributed by atoms with Crippen LogP contribution in [0.4, 0.5) is 18.9 Å².